The minimum absolute atomic E-state index is 0.0743. The van der Waals surface area contributed by atoms with Gasteiger partial charge in [0.25, 0.3) is 0 Å². The van der Waals surface area contributed by atoms with Gasteiger partial charge in [-0.25, -0.2) is 0 Å². The smallest absolute Gasteiger partial charge is 0.246 e. The third-order valence-corrected chi connectivity index (χ3v) is 4.94. The molecule has 0 aliphatic carbocycles. The molecule has 1 saturated heterocycles. The molecule has 142 valence electrons. The Labute approximate surface area is 161 Å². The highest BCUT2D eigenvalue weighted by Crippen LogP contribution is 2.29. The van der Waals surface area contributed by atoms with Gasteiger partial charge in [-0.05, 0) is 48.1 Å². The maximum atomic E-state index is 12.3. The molecule has 2 aromatic rings. The van der Waals surface area contributed by atoms with E-state index in [1.54, 1.807) is 13.2 Å². The van der Waals surface area contributed by atoms with Gasteiger partial charge in [-0.2, -0.15) is 0 Å². The molecule has 0 atom stereocenters. The summed E-state index contributed by atoms with van der Waals surface area (Å²) in [5, 5.41) is 0. The molecular formula is C23H27NO3. The van der Waals surface area contributed by atoms with E-state index < -0.39 is 0 Å². The van der Waals surface area contributed by atoms with E-state index in [0.717, 1.165) is 37.1 Å². The van der Waals surface area contributed by atoms with Crippen LogP contribution in [-0.2, 0) is 11.4 Å². The number of likely N-dealkylation sites (tertiary alicyclic amines) is 1. The van der Waals surface area contributed by atoms with Gasteiger partial charge < -0.3 is 14.4 Å². The van der Waals surface area contributed by atoms with Crippen LogP contribution in [0.1, 0.15) is 30.9 Å². The molecule has 4 nitrogen and oxygen atoms in total. The third kappa shape index (κ3) is 5.36. The average molecular weight is 365 g/mol. The molecule has 1 aliphatic heterocycles. The summed E-state index contributed by atoms with van der Waals surface area (Å²) in [4.78, 5) is 14.3. The van der Waals surface area contributed by atoms with Crippen LogP contribution >= 0.6 is 0 Å². The van der Waals surface area contributed by atoms with E-state index in [2.05, 4.69) is 6.92 Å². The summed E-state index contributed by atoms with van der Waals surface area (Å²) in [6.07, 6.45) is 5.65. The van der Waals surface area contributed by atoms with Crippen LogP contribution in [0.2, 0.25) is 0 Å². The third-order valence-electron chi connectivity index (χ3n) is 4.94. The number of piperidine rings is 1. The highest BCUT2D eigenvalue weighted by Gasteiger charge is 2.18. The van der Waals surface area contributed by atoms with Gasteiger partial charge in [0, 0.05) is 19.2 Å². The largest absolute Gasteiger partial charge is 0.493 e. The fraction of sp³-hybridized carbons (Fsp3) is 0.348. The lowest BCUT2D eigenvalue weighted by Crippen LogP contribution is -2.36. The number of hydrogen-bond acceptors (Lipinski definition) is 3. The van der Waals surface area contributed by atoms with E-state index in [0.29, 0.717) is 24.0 Å². The molecule has 0 N–H and O–H groups in total. The topological polar surface area (TPSA) is 38.8 Å². The first-order valence-corrected chi connectivity index (χ1v) is 9.47. The molecule has 1 amide bonds. The first kappa shape index (κ1) is 19.0. The Balaban J connectivity index is 1.62. The van der Waals surface area contributed by atoms with Crippen molar-refractivity contribution >= 4 is 12.0 Å². The normalized spacial score (nSPS) is 15.1. The Morgan fingerprint density at radius 3 is 2.56 bits per heavy atom. The van der Waals surface area contributed by atoms with Crippen LogP contribution in [0.4, 0.5) is 0 Å². The predicted molar refractivity (Wildman–Crippen MR) is 108 cm³/mol. The van der Waals surface area contributed by atoms with Crippen LogP contribution in [0, 0.1) is 5.92 Å². The first-order chi connectivity index (χ1) is 13.2. The molecule has 0 aromatic heterocycles. The molecule has 0 spiro atoms. The maximum Gasteiger partial charge on any atom is 0.246 e. The summed E-state index contributed by atoms with van der Waals surface area (Å²) >= 11 is 0. The monoisotopic (exact) mass is 365 g/mol. The zero-order valence-corrected chi connectivity index (χ0v) is 16.1. The van der Waals surface area contributed by atoms with Crippen LogP contribution in [-0.4, -0.2) is 31.0 Å². The quantitative estimate of drug-likeness (QED) is 0.705. The van der Waals surface area contributed by atoms with Crippen molar-refractivity contribution in [2.75, 3.05) is 20.2 Å². The van der Waals surface area contributed by atoms with Crippen LogP contribution in [0.25, 0.3) is 6.08 Å². The van der Waals surface area contributed by atoms with Crippen molar-refractivity contribution in [3.05, 3.63) is 65.7 Å². The van der Waals surface area contributed by atoms with Crippen molar-refractivity contribution in [1.29, 1.82) is 0 Å². The van der Waals surface area contributed by atoms with E-state index in [4.69, 9.17) is 9.47 Å². The standard InChI is InChI=1S/C23H27NO3/c1-18-12-14-24(15-13-18)23(25)11-9-19-8-10-21(22(16-19)26-2)27-17-20-6-4-3-5-7-20/h3-11,16,18H,12-15,17H2,1-2H3. The molecule has 1 aliphatic rings. The SMILES string of the molecule is COc1cc(C=CC(=O)N2CCC(C)CC2)ccc1OCc1ccccc1. The van der Waals surface area contributed by atoms with Crippen molar-refractivity contribution in [1.82, 2.24) is 4.90 Å². The van der Waals surface area contributed by atoms with Crippen LogP contribution in [0.3, 0.4) is 0 Å². The summed E-state index contributed by atoms with van der Waals surface area (Å²) in [6.45, 7) is 4.42. The second kappa shape index (κ2) is 9.26. The van der Waals surface area contributed by atoms with E-state index >= 15 is 0 Å². The molecule has 0 saturated carbocycles. The summed E-state index contributed by atoms with van der Waals surface area (Å²) in [5.74, 6) is 2.14. The Bertz CT molecular complexity index is 777. The number of benzene rings is 2. The number of hydrogen-bond donors (Lipinski definition) is 0. The van der Waals surface area contributed by atoms with Crippen LogP contribution in [0.5, 0.6) is 11.5 Å². The number of ether oxygens (including phenoxy) is 2. The second-order valence-corrected chi connectivity index (χ2v) is 7.03. The maximum absolute atomic E-state index is 12.3. The molecule has 0 radical (unpaired) electrons. The van der Waals surface area contributed by atoms with Gasteiger partial charge in [-0.1, -0.05) is 43.3 Å². The fourth-order valence-corrected chi connectivity index (χ4v) is 3.14. The van der Waals surface area contributed by atoms with Crippen LogP contribution in [0.15, 0.2) is 54.6 Å². The van der Waals surface area contributed by atoms with E-state index in [1.165, 1.54) is 0 Å². The lowest BCUT2D eigenvalue weighted by molar-refractivity contribution is -0.127. The van der Waals surface area contributed by atoms with Gasteiger partial charge >= 0.3 is 0 Å². The molecule has 1 fully saturated rings. The number of amides is 1. The Morgan fingerprint density at radius 1 is 1.11 bits per heavy atom. The fourth-order valence-electron chi connectivity index (χ4n) is 3.14. The van der Waals surface area contributed by atoms with Crippen LogP contribution < -0.4 is 9.47 Å². The molecule has 1 heterocycles. The predicted octanol–water partition coefficient (Wildman–Crippen LogP) is 4.55. The number of methoxy groups -OCH3 is 1. The van der Waals surface area contributed by atoms with Gasteiger partial charge in [-0.15, -0.1) is 0 Å². The molecule has 27 heavy (non-hydrogen) atoms. The lowest BCUT2D eigenvalue weighted by Gasteiger charge is -2.29. The molecule has 4 heteroatoms. The minimum Gasteiger partial charge on any atom is -0.493 e. The van der Waals surface area contributed by atoms with Gasteiger partial charge in [0.1, 0.15) is 6.61 Å². The Hall–Kier alpha value is -2.75. The highest BCUT2D eigenvalue weighted by molar-refractivity contribution is 5.91. The van der Waals surface area contributed by atoms with Crippen molar-refractivity contribution in [3.63, 3.8) is 0 Å². The van der Waals surface area contributed by atoms with Crippen molar-refractivity contribution < 1.29 is 14.3 Å². The molecule has 0 unspecified atom stereocenters. The number of carbonyl (C=O) groups is 1. The van der Waals surface area contributed by atoms with E-state index in [-0.39, 0.29) is 5.91 Å². The van der Waals surface area contributed by atoms with Crippen molar-refractivity contribution in [2.24, 2.45) is 5.92 Å². The number of nitrogens with zero attached hydrogens (tertiary/aromatic N) is 1. The van der Waals surface area contributed by atoms with E-state index in [1.807, 2.05) is 59.5 Å². The van der Waals surface area contributed by atoms with E-state index in [9.17, 15) is 4.79 Å². The van der Waals surface area contributed by atoms with Gasteiger partial charge in [0.15, 0.2) is 11.5 Å². The number of rotatable bonds is 6. The van der Waals surface area contributed by atoms with Gasteiger partial charge in [-0.3, -0.25) is 4.79 Å². The summed E-state index contributed by atoms with van der Waals surface area (Å²) in [6, 6.07) is 15.7. The Morgan fingerprint density at radius 2 is 1.85 bits per heavy atom. The zero-order valence-electron chi connectivity index (χ0n) is 16.1. The summed E-state index contributed by atoms with van der Waals surface area (Å²) < 4.78 is 11.3. The lowest BCUT2D eigenvalue weighted by atomic mass is 9.99. The number of carbonyl (C=O) groups excluding carboxylic acids is 1. The summed E-state index contributed by atoms with van der Waals surface area (Å²) in [7, 11) is 1.62. The Kier molecular flexibility index (Phi) is 6.53. The first-order valence-electron chi connectivity index (χ1n) is 9.47. The summed E-state index contributed by atoms with van der Waals surface area (Å²) in [5.41, 5.74) is 2.02. The highest BCUT2D eigenvalue weighted by atomic mass is 16.5. The molecular weight excluding hydrogens is 338 g/mol. The molecule has 2 aromatic carbocycles. The van der Waals surface area contributed by atoms with Crippen molar-refractivity contribution in [3.8, 4) is 11.5 Å². The minimum atomic E-state index is 0.0743. The van der Waals surface area contributed by atoms with Gasteiger partial charge in [0.05, 0.1) is 7.11 Å². The zero-order chi connectivity index (χ0) is 19.1. The molecule has 3 rings (SSSR count). The molecule has 0 bridgehead atoms. The van der Waals surface area contributed by atoms with Gasteiger partial charge in [0.2, 0.25) is 5.91 Å². The second-order valence-electron chi connectivity index (χ2n) is 7.03. The van der Waals surface area contributed by atoms with Crippen molar-refractivity contribution in [2.45, 2.75) is 26.4 Å². The average Bonchev–Trinajstić information content (AvgIpc) is 2.72.